The number of rotatable bonds is 2. The highest BCUT2D eigenvalue weighted by Crippen LogP contribution is 2.05. The zero-order valence-electron chi connectivity index (χ0n) is 8.09. The van der Waals surface area contributed by atoms with Gasteiger partial charge in [0.2, 0.25) is 0 Å². The maximum atomic E-state index is 4.21. The van der Waals surface area contributed by atoms with Crippen LogP contribution in [0.1, 0.15) is 11.4 Å². The van der Waals surface area contributed by atoms with E-state index in [0.717, 1.165) is 5.69 Å². The summed E-state index contributed by atoms with van der Waals surface area (Å²) in [6.07, 6.45) is 7.89. The number of hydrogen-bond donors (Lipinski definition) is 0. The van der Waals surface area contributed by atoms with Crippen molar-refractivity contribution in [2.24, 2.45) is 7.05 Å². The van der Waals surface area contributed by atoms with Gasteiger partial charge in [0.05, 0.1) is 5.69 Å². The lowest BCUT2D eigenvalue weighted by Gasteiger charge is -1.95. The summed E-state index contributed by atoms with van der Waals surface area (Å²) >= 11 is 0. The molecule has 2 heteroatoms. The highest BCUT2D eigenvalue weighted by Gasteiger charge is 1.90. The molecule has 2 nitrogen and oxygen atoms in total. The van der Waals surface area contributed by atoms with Crippen molar-refractivity contribution in [3.8, 4) is 0 Å². The smallest absolute Gasteiger partial charge is 0.0630 e. The first-order chi connectivity index (χ1) is 6.86. The molecule has 70 valence electrons. The van der Waals surface area contributed by atoms with Crippen LogP contribution in [0.15, 0.2) is 42.7 Å². The predicted molar refractivity (Wildman–Crippen MR) is 58.6 cm³/mol. The Balaban J connectivity index is 2.20. The van der Waals surface area contributed by atoms with Crippen molar-refractivity contribution in [2.45, 2.75) is 0 Å². The Morgan fingerprint density at radius 2 is 2.07 bits per heavy atom. The molecule has 14 heavy (non-hydrogen) atoms. The molecule has 0 saturated carbocycles. The first kappa shape index (κ1) is 8.75. The summed E-state index contributed by atoms with van der Waals surface area (Å²) in [7, 11) is 2.03. The molecular formula is C12H12N2. The standard InChI is InChI=1S/C12H12N2/c1-14-10-4-6-12(14)8-7-11-5-2-3-9-13-11/h2-10H,1H3/b8-7+. The molecule has 0 amide bonds. The third-order valence-corrected chi connectivity index (χ3v) is 2.10. The molecule has 2 aromatic heterocycles. The molecule has 0 unspecified atom stereocenters. The summed E-state index contributed by atoms with van der Waals surface area (Å²) in [5.41, 5.74) is 2.16. The monoisotopic (exact) mass is 184 g/mol. The largest absolute Gasteiger partial charge is 0.351 e. The molecule has 0 radical (unpaired) electrons. The molecule has 0 bridgehead atoms. The van der Waals surface area contributed by atoms with Gasteiger partial charge in [-0.25, -0.2) is 0 Å². The van der Waals surface area contributed by atoms with E-state index in [-0.39, 0.29) is 0 Å². The molecule has 0 atom stereocenters. The number of aryl methyl sites for hydroxylation is 1. The molecule has 2 rings (SSSR count). The highest BCUT2D eigenvalue weighted by molar-refractivity contribution is 5.66. The number of nitrogens with zero attached hydrogens (tertiary/aromatic N) is 2. The summed E-state index contributed by atoms with van der Waals surface area (Å²) in [5.74, 6) is 0. The zero-order chi connectivity index (χ0) is 9.80. The number of aromatic nitrogens is 2. The van der Waals surface area contributed by atoms with Crippen LogP contribution in [-0.4, -0.2) is 9.55 Å². The van der Waals surface area contributed by atoms with E-state index in [1.807, 2.05) is 43.6 Å². The van der Waals surface area contributed by atoms with Crippen LogP contribution < -0.4 is 0 Å². The number of hydrogen-bond acceptors (Lipinski definition) is 1. The van der Waals surface area contributed by atoms with Gasteiger partial charge in [-0.05, 0) is 36.4 Å². The van der Waals surface area contributed by atoms with Crippen LogP contribution in [0.3, 0.4) is 0 Å². The molecule has 0 aliphatic heterocycles. The second-order valence-corrected chi connectivity index (χ2v) is 3.13. The lowest BCUT2D eigenvalue weighted by atomic mass is 10.3. The minimum absolute atomic E-state index is 0.980. The third-order valence-electron chi connectivity index (χ3n) is 2.10. The van der Waals surface area contributed by atoms with E-state index in [4.69, 9.17) is 0 Å². The first-order valence-electron chi connectivity index (χ1n) is 4.57. The molecule has 0 aliphatic rings. The second kappa shape index (κ2) is 3.92. The molecule has 0 spiro atoms. The van der Waals surface area contributed by atoms with Gasteiger partial charge in [0, 0.05) is 25.1 Å². The molecule has 0 aliphatic carbocycles. The highest BCUT2D eigenvalue weighted by atomic mass is 14.9. The van der Waals surface area contributed by atoms with Crippen molar-refractivity contribution in [1.29, 1.82) is 0 Å². The van der Waals surface area contributed by atoms with Crippen molar-refractivity contribution in [3.63, 3.8) is 0 Å². The van der Waals surface area contributed by atoms with Crippen LogP contribution in [0.2, 0.25) is 0 Å². The van der Waals surface area contributed by atoms with Gasteiger partial charge in [-0.1, -0.05) is 6.07 Å². The molecule has 0 aromatic carbocycles. The summed E-state index contributed by atoms with van der Waals surface area (Å²) in [4.78, 5) is 4.21. The van der Waals surface area contributed by atoms with Crippen molar-refractivity contribution in [1.82, 2.24) is 9.55 Å². The van der Waals surface area contributed by atoms with Crippen LogP contribution in [-0.2, 0) is 7.05 Å². The minimum Gasteiger partial charge on any atom is -0.351 e. The fourth-order valence-electron chi connectivity index (χ4n) is 1.29. The minimum atomic E-state index is 0.980. The van der Waals surface area contributed by atoms with E-state index in [0.29, 0.717) is 0 Å². The Morgan fingerprint density at radius 3 is 2.71 bits per heavy atom. The van der Waals surface area contributed by atoms with Gasteiger partial charge in [0.1, 0.15) is 0 Å². The zero-order valence-corrected chi connectivity index (χ0v) is 8.09. The van der Waals surface area contributed by atoms with Crippen molar-refractivity contribution in [2.75, 3.05) is 0 Å². The van der Waals surface area contributed by atoms with Crippen LogP contribution in [0, 0.1) is 0 Å². The van der Waals surface area contributed by atoms with Crippen LogP contribution in [0.25, 0.3) is 12.2 Å². The van der Waals surface area contributed by atoms with Gasteiger partial charge in [0.25, 0.3) is 0 Å². The molecule has 0 fully saturated rings. The van der Waals surface area contributed by atoms with Crippen molar-refractivity contribution in [3.05, 3.63) is 54.1 Å². The number of pyridine rings is 1. The Labute approximate surface area is 83.5 Å². The summed E-state index contributed by atoms with van der Waals surface area (Å²) < 4.78 is 2.07. The maximum absolute atomic E-state index is 4.21. The summed E-state index contributed by atoms with van der Waals surface area (Å²) in [5, 5.41) is 0. The Bertz CT molecular complexity index is 427. The predicted octanol–water partition coefficient (Wildman–Crippen LogP) is 2.59. The van der Waals surface area contributed by atoms with Crippen molar-refractivity contribution < 1.29 is 0 Å². The molecule has 2 aromatic rings. The normalized spacial score (nSPS) is 10.9. The van der Waals surface area contributed by atoms with E-state index in [2.05, 4.69) is 21.7 Å². The Kier molecular flexibility index (Phi) is 2.45. The average molecular weight is 184 g/mol. The molecule has 0 saturated heterocycles. The van der Waals surface area contributed by atoms with Gasteiger partial charge in [-0.2, -0.15) is 0 Å². The summed E-state index contributed by atoms with van der Waals surface area (Å²) in [6.45, 7) is 0. The quantitative estimate of drug-likeness (QED) is 0.701. The van der Waals surface area contributed by atoms with E-state index in [1.54, 1.807) is 6.20 Å². The lowest BCUT2D eigenvalue weighted by molar-refractivity contribution is 0.915. The fourth-order valence-corrected chi connectivity index (χ4v) is 1.29. The Morgan fingerprint density at radius 1 is 1.14 bits per heavy atom. The van der Waals surface area contributed by atoms with E-state index >= 15 is 0 Å². The van der Waals surface area contributed by atoms with Crippen LogP contribution in [0.4, 0.5) is 0 Å². The van der Waals surface area contributed by atoms with Gasteiger partial charge in [-0.15, -0.1) is 0 Å². The maximum Gasteiger partial charge on any atom is 0.0630 e. The Hall–Kier alpha value is -1.83. The van der Waals surface area contributed by atoms with Gasteiger partial charge in [0.15, 0.2) is 0 Å². The molecule has 2 heterocycles. The van der Waals surface area contributed by atoms with E-state index < -0.39 is 0 Å². The van der Waals surface area contributed by atoms with Crippen molar-refractivity contribution >= 4 is 12.2 Å². The SMILES string of the molecule is Cn1cccc1/C=C/c1ccccn1. The van der Waals surface area contributed by atoms with Gasteiger partial charge >= 0.3 is 0 Å². The van der Waals surface area contributed by atoms with E-state index in [9.17, 15) is 0 Å². The fraction of sp³-hybridized carbons (Fsp3) is 0.0833. The molecular weight excluding hydrogens is 172 g/mol. The second-order valence-electron chi connectivity index (χ2n) is 3.13. The lowest BCUT2D eigenvalue weighted by Crippen LogP contribution is -1.86. The van der Waals surface area contributed by atoms with Gasteiger partial charge < -0.3 is 4.57 Å². The topological polar surface area (TPSA) is 17.8 Å². The van der Waals surface area contributed by atoms with Gasteiger partial charge in [-0.3, -0.25) is 4.98 Å². The van der Waals surface area contributed by atoms with Crippen LogP contribution in [0.5, 0.6) is 0 Å². The third kappa shape index (κ3) is 1.91. The van der Waals surface area contributed by atoms with Crippen LogP contribution >= 0.6 is 0 Å². The summed E-state index contributed by atoms with van der Waals surface area (Å²) in [6, 6.07) is 9.98. The molecule has 0 N–H and O–H groups in total. The average Bonchev–Trinajstić information content (AvgIpc) is 2.63. The first-order valence-corrected chi connectivity index (χ1v) is 4.57. The van der Waals surface area contributed by atoms with E-state index in [1.165, 1.54) is 5.69 Å².